The highest BCUT2D eigenvalue weighted by Crippen LogP contribution is 2.32. The number of fused-ring (bicyclic) bond motifs is 2. The van der Waals surface area contributed by atoms with Gasteiger partial charge in [-0.3, -0.25) is 4.79 Å². The monoisotopic (exact) mass is 488 g/mol. The van der Waals surface area contributed by atoms with Crippen LogP contribution in [0.15, 0.2) is 76.3 Å². The van der Waals surface area contributed by atoms with Gasteiger partial charge in [0, 0.05) is 10.0 Å². The average molecular weight is 489 g/mol. The normalized spacial score (nSPS) is 11.5. The number of ether oxygens (including phenoxy) is 1. The molecule has 0 atom stereocenters. The molecule has 0 spiro atoms. The number of hydrogen-bond acceptors (Lipinski definition) is 3. The van der Waals surface area contributed by atoms with E-state index in [-0.39, 0.29) is 18.4 Å². The van der Waals surface area contributed by atoms with Gasteiger partial charge in [0.2, 0.25) is 0 Å². The van der Waals surface area contributed by atoms with E-state index in [1.807, 2.05) is 37.3 Å². The summed E-state index contributed by atoms with van der Waals surface area (Å²) in [7, 11) is 0. The molecule has 162 valence electrons. The van der Waals surface area contributed by atoms with Gasteiger partial charge in [0.1, 0.15) is 5.75 Å². The van der Waals surface area contributed by atoms with Gasteiger partial charge in [0.25, 0.3) is 5.91 Å². The molecule has 0 saturated heterocycles. The Labute approximate surface area is 196 Å². The van der Waals surface area contributed by atoms with Gasteiger partial charge in [-0.25, -0.2) is 5.43 Å². The van der Waals surface area contributed by atoms with Crippen molar-refractivity contribution >= 4 is 49.6 Å². The molecule has 1 amide bonds. The molecule has 0 aliphatic rings. The lowest BCUT2D eigenvalue weighted by Crippen LogP contribution is -2.25. The fraction of sp³-hybridized carbons (Fsp3) is 0.185. The molecule has 0 bridgehead atoms. The van der Waals surface area contributed by atoms with Crippen LogP contribution in [0.4, 0.5) is 0 Å². The number of nitrogens with zero attached hydrogens (tertiary/aromatic N) is 1. The molecule has 4 nitrogen and oxygen atoms in total. The maximum Gasteiger partial charge on any atom is 0.277 e. The Morgan fingerprint density at radius 3 is 2.28 bits per heavy atom. The summed E-state index contributed by atoms with van der Waals surface area (Å²) in [5.74, 6) is 0.698. The molecule has 0 aromatic heterocycles. The van der Waals surface area contributed by atoms with E-state index < -0.39 is 0 Å². The van der Waals surface area contributed by atoms with Crippen LogP contribution in [0.5, 0.6) is 5.75 Å². The van der Waals surface area contributed by atoms with Crippen LogP contribution in [0, 0.1) is 6.92 Å². The largest absolute Gasteiger partial charge is 0.483 e. The molecule has 0 aliphatic heterocycles. The predicted molar refractivity (Wildman–Crippen MR) is 136 cm³/mol. The molecule has 4 rings (SSSR count). The van der Waals surface area contributed by atoms with Crippen LogP contribution in [-0.4, -0.2) is 18.7 Å². The summed E-state index contributed by atoms with van der Waals surface area (Å²) < 4.78 is 6.86. The quantitative estimate of drug-likeness (QED) is 0.186. The zero-order chi connectivity index (χ0) is 22.7. The van der Waals surface area contributed by atoms with Crippen molar-refractivity contribution in [3.05, 3.63) is 87.9 Å². The molecular formula is C27H25BrN2O2. The van der Waals surface area contributed by atoms with Crippen molar-refractivity contribution in [1.82, 2.24) is 5.43 Å². The van der Waals surface area contributed by atoms with Crippen LogP contribution < -0.4 is 10.2 Å². The molecule has 0 heterocycles. The minimum absolute atomic E-state index is 0.103. The summed E-state index contributed by atoms with van der Waals surface area (Å²) in [4.78, 5) is 12.4. The topological polar surface area (TPSA) is 50.7 Å². The number of rotatable bonds is 6. The maximum atomic E-state index is 12.4. The Morgan fingerprint density at radius 2 is 1.66 bits per heavy atom. The average Bonchev–Trinajstić information content (AvgIpc) is 2.79. The zero-order valence-electron chi connectivity index (χ0n) is 18.4. The zero-order valence-corrected chi connectivity index (χ0v) is 19.9. The Kier molecular flexibility index (Phi) is 6.56. The van der Waals surface area contributed by atoms with Crippen LogP contribution in [0.3, 0.4) is 0 Å². The van der Waals surface area contributed by atoms with Gasteiger partial charge in [0.05, 0.1) is 6.21 Å². The van der Waals surface area contributed by atoms with Gasteiger partial charge in [-0.1, -0.05) is 78.3 Å². The smallest absolute Gasteiger partial charge is 0.277 e. The molecule has 32 heavy (non-hydrogen) atoms. The van der Waals surface area contributed by atoms with E-state index in [0.29, 0.717) is 0 Å². The van der Waals surface area contributed by atoms with Crippen molar-refractivity contribution in [2.75, 3.05) is 6.61 Å². The first kappa shape index (κ1) is 22.0. The third-order valence-electron chi connectivity index (χ3n) is 5.47. The number of halogens is 1. The summed E-state index contributed by atoms with van der Waals surface area (Å²) in [5, 5.41) is 8.68. The van der Waals surface area contributed by atoms with E-state index in [1.54, 1.807) is 6.21 Å². The highest BCUT2D eigenvalue weighted by Gasteiger charge is 2.12. The number of hydrogen-bond donors (Lipinski definition) is 1. The molecule has 0 radical (unpaired) electrons. The van der Waals surface area contributed by atoms with E-state index in [9.17, 15) is 4.79 Å². The van der Waals surface area contributed by atoms with Crippen LogP contribution in [-0.2, 0) is 4.79 Å². The third-order valence-corrected chi connectivity index (χ3v) is 6.32. The second kappa shape index (κ2) is 9.53. The first-order chi connectivity index (χ1) is 15.4. The van der Waals surface area contributed by atoms with E-state index in [2.05, 4.69) is 76.7 Å². The van der Waals surface area contributed by atoms with Crippen molar-refractivity contribution < 1.29 is 9.53 Å². The van der Waals surface area contributed by atoms with Gasteiger partial charge in [0.15, 0.2) is 6.61 Å². The summed E-state index contributed by atoms with van der Waals surface area (Å²) in [6.07, 6.45) is 1.71. The molecule has 0 saturated carbocycles. The summed E-state index contributed by atoms with van der Waals surface area (Å²) >= 11 is 3.57. The van der Waals surface area contributed by atoms with E-state index in [0.717, 1.165) is 48.5 Å². The lowest BCUT2D eigenvalue weighted by Gasteiger charge is -2.15. The molecule has 0 aliphatic carbocycles. The van der Waals surface area contributed by atoms with Crippen LogP contribution in [0.1, 0.15) is 36.5 Å². The second-order valence-electron chi connectivity index (χ2n) is 8.11. The van der Waals surface area contributed by atoms with Gasteiger partial charge >= 0.3 is 0 Å². The lowest BCUT2D eigenvalue weighted by molar-refractivity contribution is -0.123. The van der Waals surface area contributed by atoms with Gasteiger partial charge < -0.3 is 4.74 Å². The Balaban J connectivity index is 1.51. The highest BCUT2D eigenvalue weighted by molar-refractivity contribution is 9.10. The van der Waals surface area contributed by atoms with Crippen LogP contribution in [0.2, 0.25) is 0 Å². The molecular weight excluding hydrogens is 464 g/mol. The SMILES string of the molecule is Cc1cc(OCC(=O)N/N=C/c2c3ccccc3cc3ccccc23)c(C(C)C)cc1Br. The summed E-state index contributed by atoms with van der Waals surface area (Å²) in [6, 6.07) is 22.5. The number of amides is 1. The number of carbonyl (C=O) groups is 1. The number of hydrazone groups is 1. The lowest BCUT2D eigenvalue weighted by atomic mass is 9.97. The highest BCUT2D eigenvalue weighted by atomic mass is 79.9. The minimum atomic E-state index is -0.305. The van der Waals surface area contributed by atoms with E-state index >= 15 is 0 Å². The third kappa shape index (κ3) is 4.68. The van der Waals surface area contributed by atoms with Crippen molar-refractivity contribution in [2.24, 2.45) is 5.10 Å². The standard InChI is InChI=1S/C27H25BrN2O2/c1-17(2)23-14-25(28)18(3)12-26(23)32-16-27(31)30-29-15-24-21-10-6-4-8-19(21)13-20-9-5-7-11-22(20)24/h4-15,17H,16H2,1-3H3,(H,30,31)/b29-15+. The van der Waals surface area contributed by atoms with Gasteiger partial charge in [-0.15, -0.1) is 0 Å². The molecule has 1 N–H and O–H groups in total. The van der Waals surface area contributed by atoms with Crippen molar-refractivity contribution in [1.29, 1.82) is 0 Å². The van der Waals surface area contributed by atoms with Crippen molar-refractivity contribution in [3.63, 3.8) is 0 Å². The van der Waals surface area contributed by atoms with Crippen LogP contribution in [0.25, 0.3) is 21.5 Å². The second-order valence-corrected chi connectivity index (χ2v) is 8.96. The van der Waals surface area contributed by atoms with E-state index in [1.165, 1.54) is 0 Å². The number of aryl methyl sites for hydroxylation is 1. The summed E-state index contributed by atoms with van der Waals surface area (Å²) in [6.45, 7) is 6.10. The van der Waals surface area contributed by atoms with Crippen LogP contribution >= 0.6 is 15.9 Å². The molecule has 0 fully saturated rings. The van der Waals surface area contributed by atoms with Gasteiger partial charge in [-0.05, 0) is 63.7 Å². The Hall–Kier alpha value is -3.18. The first-order valence-corrected chi connectivity index (χ1v) is 11.4. The number of nitrogens with one attached hydrogen (secondary N) is 1. The van der Waals surface area contributed by atoms with Crippen molar-refractivity contribution in [2.45, 2.75) is 26.7 Å². The molecule has 4 aromatic rings. The van der Waals surface area contributed by atoms with E-state index in [4.69, 9.17) is 4.74 Å². The molecule has 5 heteroatoms. The number of benzene rings is 4. The maximum absolute atomic E-state index is 12.4. The molecule has 0 unspecified atom stereocenters. The molecule has 4 aromatic carbocycles. The minimum Gasteiger partial charge on any atom is -0.483 e. The number of carbonyl (C=O) groups excluding carboxylic acids is 1. The fourth-order valence-corrected chi connectivity index (χ4v) is 4.14. The summed E-state index contributed by atoms with van der Waals surface area (Å²) in [5.41, 5.74) is 5.70. The fourth-order valence-electron chi connectivity index (χ4n) is 3.78. The Morgan fingerprint density at radius 1 is 1.03 bits per heavy atom. The predicted octanol–water partition coefficient (Wildman–Crippen LogP) is 6.72. The van der Waals surface area contributed by atoms with Crippen molar-refractivity contribution in [3.8, 4) is 5.75 Å². The Bertz CT molecular complexity index is 1270. The first-order valence-electron chi connectivity index (χ1n) is 10.6. The van der Waals surface area contributed by atoms with Gasteiger partial charge in [-0.2, -0.15) is 5.10 Å².